The molecule has 0 fully saturated rings. The van der Waals surface area contributed by atoms with Gasteiger partial charge in [0.1, 0.15) is 0 Å². The van der Waals surface area contributed by atoms with Crippen molar-refractivity contribution < 1.29 is 0 Å². The predicted molar refractivity (Wildman–Crippen MR) is 150 cm³/mol. The Morgan fingerprint density at radius 1 is 0.312 bits per heavy atom. The summed E-state index contributed by atoms with van der Waals surface area (Å²) in [6, 6.07) is 0. The normalized spacial score (nSPS) is 14.5. The van der Waals surface area contributed by atoms with Crippen LogP contribution in [-0.4, -0.2) is 0 Å². The summed E-state index contributed by atoms with van der Waals surface area (Å²) in [5, 5.41) is 0. The molecule has 0 amide bonds. The zero-order chi connectivity index (χ0) is 23.7. The Bertz CT molecular complexity index is 333. The number of rotatable bonds is 26. The van der Waals surface area contributed by atoms with Gasteiger partial charge < -0.3 is 0 Å². The minimum Gasteiger partial charge on any atom is -0.0654 e. The lowest BCUT2D eigenvalue weighted by atomic mass is 9.85. The molecule has 0 heteroatoms. The van der Waals surface area contributed by atoms with Crippen LogP contribution in [0.25, 0.3) is 0 Å². The minimum absolute atomic E-state index is 0.923. The average Bonchev–Trinajstić information content (AvgIpc) is 2.76. The topological polar surface area (TPSA) is 0 Å². The van der Waals surface area contributed by atoms with Crippen LogP contribution in [0.2, 0.25) is 0 Å². The fourth-order valence-corrected chi connectivity index (χ4v) is 5.67. The van der Waals surface area contributed by atoms with Gasteiger partial charge in [-0.15, -0.1) is 0 Å². The molecule has 0 aromatic rings. The van der Waals surface area contributed by atoms with Gasteiger partial charge in [0.15, 0.2) is 0 Å². The SMILES string of the molecule is CCCCCCCCCCCCCCC(C)CC(C)CC(C)CCCCCCCCCC. The van der Waals surface area contributed by atoms with Gasteiger partial charge in [-0.2, -0.15) is 0 Å². The van der Waals surface area contributed by atoms with Gasteiger partial charge in [-0.25, -0.2) is 0 Å². The maximum Gasteiger partial charge on any atom is -0.0438 e. The first-order chi connectivity index (χ1) is 15.6. The van der Waals surface area contributed by atoms with Crippen LogP contribution in [0.1, 0.15) is 189 Å². The predicted octanol–water partition coefficient (Wildman–Crippen LogP) is 12.3. The van der Waals surface area contributed by atoms with E-state index in [1.165, 1.54) is 154 Å². The molecule has 0 aliphatic carbocycles. The summed E-state index contributed by atoms with van der Waals surface area (Å²) in [7, 11) is 0. The first kappa shape index (κ1) is 32.0. The van der Waals surface area contributed by atoms with Crippen LogP contribution in [0.5, 0.6) is 0 Å². The third kappa shape index (κ3) is 24.6. The Morgan fingerprint density at radius 2 is 0.562 bits per heavy atom. The van der Waals surface area contributed by atoms with Crippen LogP contribution < -0.4 is 0 Å². The Balaban J connectivity index is 3.43. The average molecular weight is 451 g/mol. The molecule has 0 heterocycles. The van der Waals surface area contributed by atoms with E-state index < -0.39 is 0 Å². The highest BCUT2D eigenvalue weighted by Crippen LogP contribution is 2.26. The second kappa shape index (κ2) is 25.6. The molecule has 0 aliphatic rings. The fourth-order valence-electron chi connectivity index (χ4n) is 5.67. The fraction of sp³-hybridized carbons (Fsp3) is 1.00. The Morgan fingerprint density at radius 3 is 0.844 bits per heavy atom. The Kier molecular flexibility index (Phi) is 25.6. The molecule has 0 saturated heterocycles. The molecule has 0 spiro atoms. The Labute approximate surface area is 206 Å². The second-order valence-corrected chi connectivity index (χ2v) is 11.7. The molecular weight excluding hydrogens is 384 g/mol. The van der Waals surface area contributed by atoms with E-state index in [1.807, 2.05) is 0 Å². The maximum absolute atomic E-state index is 2.52. The molecule has 0 nitrogen and oxygen atoms in total. The molecular formula is C32H66. The van der Waals surface area contributed by atoms with Gasteiger partial charge in [-0.1, -0.05) is 176 Å². The number of hydrogen-bond acceptors (Lipinski definition) is 0. The monoisotopic (exact) mass is 451 g/mol. The van der Waals surface area contributed by atoms with E-state index in [9.17, 15) is 0 Å². The first-order valence-electron chi connectivity index (χ1n) is 15.6. The first-order valence-corrected chi connectivity index (χ1v) is 15.6. The third-order valence-corrected chi connectivity index (χ3v) is 7.71. The highest BCUT2D eigenvalue weighted by molar-refractivity contribution is 4.65. The third-order valence-electron chi connectivity index (χ3n) is 7.71. The Hall–Kier alpha value is 0. The van der Waals surface area contributed by atoms with Crippen molar-refractivity contribution in [3.8, 4) is 0 Å². The van der Waals surface area contributed by atoms with Crippen LogP contribution in [0, 0.1) is 17.8 Å². The molecule has 0 aromatic carbocycles. The van der Waals surface area contributed by atoms with E-state index >= 15 is 0 Å². The summed E-state index contributed by atoms with van der Waals surface area (Å²) < 4.78 is 0. The molecule has 32 heavy (non-hydrogen) atoms. The van der Waals surface area contributed by atoms with Crippen molar-refractivity contribution >= 4 is 0 Å². The van der Waals surface area contributed by atoms with Crippen molar-refractivity contribution in [1.82, 2.24) is 0 Å². The summed E-state index contributed by atoms with van der Waals surface area (Å²) in [5.41, 5.74) is 0. The lowest BCUT2D eigenvalue weighted by Gasteiger charge is -2.21. The zero-order valence-electron chi connectivity index (χ0n) is 23.7. The zero-order valence-corrected chi connectivity index (χ0v) is 23.7. The van der Waals surface area contributed by atoms with Gasteiger partial charge in [0, 0.05) is 0 Å². The van der Waals surface area contributed by atoms with Crippen molar-refractivity contribution in [3.63, 3.8) is 0 Å². The van der Waals surface area contributed by atoms with Gasteiger partial charge in [0.25, 0.3) is 0 Å². The van der Waals surface area contributed by atoms with Gasteiger partial charge in [-0.05, 0) is 30.6 Å². The smallest absolute Gasteiger partial charge is 0.0438 e. The van der Waals surface area contributed by atoms with Gasteiger partial charge in [0.2, 0.25) is 0 Å². The van der Waals surface area contributed by atoms with E-state index in [4.69, 9.17) is 0 Å². The molecule has 0 N–H and O–H groups in total. The van der Waals surface area contributed by atoms with E-state index in [2.05, 4.69) is 34.6 Å². The van der Waals surface area contributed by atoms with Crippen LogP contribution >= 0.6 is 0 Å². The minimum atomic E-state index is 0.923. The van der Waals surface area contributed by atoms with Crippen LogP contribution in [0.4, 0.5) is 0 Å². The summed E-state index contributed by atoms with van der Waals surface area (Å²) in [6.45, 7) is 12.2. The summed E-state index contributed by atoms with van der Waals surface area (Å²) in [6.07, 6.45) is 35.1. The molecule has 3 unspecified atom stereocenters. The van der Waals surface area contributed by atoms with E-state index in [0.29, 0.717) is 0 Å². The molecule has 0 radical (unpaired) electrons. The molecule has 0 aliphatic heterocycles. The number of hydrogen-bond donors (Lipinski definition) is 0. The lowest BCUT2D eigenvalue weighted by molar-refractivity contribution is 0.315. The van der Waals surface area contributed by atoms with Crippen molar-refractivity contribution in [3.05, 3.63) is 0 Å². The molecule has 0 bridgehead atoms. The molecule has 0 aromatic heterocycles. The van der Waals surface area contributed by atoms with Gasteiger partial charge >= 0.3 is 0 Å². The van der Waals surface area contributed by atoms with Crippen LogP contribution in [-0.2, 0) is 0 Å². The van der Waals surface area contributed by atoms with E-state index in [1.54, 1.807) is 0 Å². The molecule has 0 saturated carbocycles. The van der Waals surface area contributed by atoms with Crippen molar-refractivity contribution in [1.29, 1.82) is 0 Å². The van der Waals surface area contributed by atoms with Crippen molar-refractivity contribution in [2.45, 2.75) is 189 Å². The highest BCUT2D eigenvalue weighted by Gasteiger charge is 2.12. The van der Waals surface area contributed by atoms with Gasteiger partial charge in [0.05, 0.1) is 0 Å². The quantitative estimate of drug-likeness (QED) is 0.115. The second-order valence-electron chi connectivity index (χ2n) is 11.7. The maximum atomic E-state index is 2.52. The van der Waals surface area contributed by atoms with Crippen LogP contribution in [0.15, 0.2) is 0 Å². The number of unbranched alkanes of at least 4 members (excludes halogenated alkanes) is 18. The standard InChI is InChI=1S/C32H66/c1-6-8-10-12-14-16-17-18-19-21-23-25-27-31(4)29-32(5)28-30(3)26-24-22-20-15-13-11-9-7-2/h30-32H,6-29H2,1-5H3. The summed E-state index contributed by atoms with van der Waals surface area (Å²) in [4.78, 5) is 0. The summed E-state index contributed by atoms with van der Waals surface area (Å²) in [5.74, 6) is 2.79. The molecule has 0 rings (SSSR count). The largest absolute Gasteiger partial charge is 0.0654 e. The van der Waals surface area contributed by atoms with Gasteiger partial charge in [-0.3, -0.25) is 0 Å². The van der Waals surface area contributed by atoms with E-state index in [-0.39, 0.29) is 0 Å². The van der Waals surface area contributed by atoms with Crippen molar-refractivity contribution in [2.24, 2.45) is 17.8 Å². The van der Waals surface area contributed by atoms with Crippen molar-refractivity contribution in [2.75, 3.05) is 0 Å². The lowest BCUT2D eigenvalue weighted by Crippen LogP contribution is -2.08. The summed E-state index contributed by atoms with van der Waals surface area (Å²) >= 11 is 0. The highest BCUT2D eigenvalue weighted by atomic mass is 14.2. The molecule has 3 atom stereocenters. The van der Waals surface area contributed by atoms with E-state index in [0.717, 1.165) is 17.8 Å². The molecule has 194 valence electrons. The van der Waals surface area contributed by atoms with Crippen LogP contribution in [0.3, 0.4) is 0 Å².